The van der Waals surface area contributed by atoms with Gasteiger partial charge in [0.2, 0.25) is 11.8 Å². The van der Waals surface area contributed by atoms with Crippen molar-refractivity contribution >= 4 is 0 Å². The van der Waals surface area contributed by atoms with Crippen LogP contribution in [0.15, 0.2) is 0 Å². The van der Waals surface area contributed by atoms with Crippen molar-refractivity contribution in [2.45, 2.75) is 30.1 Å². The minimum atomic E-state index is -4.89. The largest absolute Gasteiger partial charge is 0.324 e. The van der Waals surface area contributed by atoms with Crippen molar-refractivity contribution in [3.63, 3.8) is 0 Å². The number of hydrogen-bond donors (Lipinski definition) is 0. The van der Waals surface area contributed by atoms with E-state index in [-0.39, 0.29) is 0 Å². The van der Waals surface area contributed by atoms with Gasteiger partial charge in [-0.3, -0.25) is 0 Å². The van der Waals surface area contributed by atoms with Gasteiger partial charge in [-0.25, -0.2) is 13.2 Å². The minimum Gasteiger partial charge on any atom is -0.240 e. The van der Waals surface area contributed by atoms with Gasteiger partial charge in [-0.15, -0.1) is 0 Å². The average Bonchev–Trinajstić information content (AvgIpc) is 2.35. The SMILES string of the molecule is F[C]1C2CC(F)(C1(F)F)C(F)(F)C2F. The summed E-state index contributed by atoms with van der Waals surface area (Å²) in [7, 11) is 0. The van der Waals surface area contributed by atoms with Crippen LogP contribution in [0.4, 0.5) is 30.7 Å². The molecule has 2 bridgehead atoms. The molecule has 3 unspecified atom stereocenters. The lowest BCUT2D eigenvalue weighted by molar-refractivity contribution is -0.256. The Morgan fingerprint density at radius 2 is 1.57 bits per heavy atom. The van der Waals surface area contributed by atoms with E-state index in [1.807, 2.05) is 0 Å². The van der Waals surface area contributed by atoms with Gasteiger partial charge in [-0.2, -0.15) is 17.6 Å². The van der Waals surface area contributed by atoms with Crippen molar-refractivity contribution in [1.29, 1.82) is 0 Å². The lowest BCUT2D eigenvalue weighted by Gasteiger charge is -2.36. The van der Waals surface area contributed by atoms with E-state index in [1.165, 1.54) is 0 Å². The third kappa shape index (κ3) is 0.704. The van der Waals surface area contributed by atoms with E-state index >= 15 is 0 Å². The highest BCUT2D eigenvalue weighted by Gasteiger charge is 2.88. The molecule has 7 heteroatoms. The summed E-state index contributed by atoms with van der Waals surface area (Å²) in [5.41, 5.74) is -4.41. The second-order valence-electron chi connectivity index (χ2n) is 3.56. The Balaban J connectivity index is 2.52. The number of fused-ring (bicyclic) bond motifs is 2. The highest BCUT2D eigenvalue weighted by atomic mass is 19.3. The zero-order valence-corrected chi connectivity index (χ0v) is 6.51. The fourth-order valence-corrected chi connectivity index (χ4v) is 1.99. The van der Waals surface area contributed by atoms with Gasteiger partial charge < -0.3 is 0 Å². The molecule has 14 heavy (non-hydrogen) atoms. The zero-order chi connectivity index (χ0) is 10.9. The molecule has 2 aliphatic carbocycles. The Morgan fingerprint density at radius 1 is 1.07 bits per heavy atom. The summed E-state index contributed by atoms with van der Waals surface area (Å²) in [5.74, 6) is -12.0. The van der Waals surface area contributed by atoms with Crippen molar-refractivity contribution in [2.75, 3.05) is 0 Å². The summed E-state index contributed by atoms with van der Waals surface area (Å²) in [4.78, 5) is 0. The molecule has 0 heterocycles. The summed E-state index contributed by atoms with van der Waals surface area (Å²) in [6.45, 7) is 0. The molecule has 1 radical (unpaired) electrons. The van der Waals surface area contributed by atoms with Crippen LogP contribution < -0.4 is 0 Å². The van der Waals surface area contributed by atoms with Crippen LogP contribution in [0.2, 0.25) is 0 Å². The minimum absolute atomic E-state index is 1.50. The topological polar surface area (TPSA) is 0 Å². The summed E-state index contributed by atoms with van der Waals surface area (Å²) in [6, 6.07) is 0. The predicted molar refractivity (Wildman–Crippen MR) is 31.1 cm³/mol. The van der Waals surface area contributed by atoms with Gasteiger partial charge in [-0.1, -0.05) is 0 Å². The Kier molecular flexibility index (Phi) is 1.57. The molecule has 81 valence electrons. The number of alkyl halides is 6. The van der Waals surface area contributed by atoms with Crippen LogP contribution in [0.25, 0.3) is 0 Å². The Labute approximate surface area is 74.1 Å². The van der Waals surface area contributed by atoms with Crippen LogP contribution in [-0.2, 0) is 0 Å². The summed E-state index contributed by atoms with van der Waals surface area (Å²) in [5, 5.41) is 0. The number of rotatable bonds is 0. The smallest absolute Gasteiger partial charge is 0.240 e. The van der Waals surface area contributed by atoms with Crippen LogP contribution in [0, 0.1) is 12.1 Å². The highest BCUT2D eigenvalue weighted by Crippen LogP contribution is 2.69. The van der Waals surface area contributed by atoms with E-state index in [0.717, 1.165) is 0 Å². The van der Waals surface area contributed by atoms with Gasteiger partial charge in [0.25, 0.3) is 0 Å². The van der Waals surface area contributed by atoms with Crippen LogP contribution in [0.5, 0.6) is 0 Å². The van der Waals surface area contributed by atoms with E-state index in [4.69, 9.17) is 0 Å². The first-order chi connectivity index (χ1) is 6.16. The van der Waals surface area contributed by atoms with Gasteiger partial charge in [0.05, 0.1) is 0 Å². The average molecular weight is 221 g/mol. The zero-order valence-electron chi connectivity index (χ0n) is 6.51. The lowest BCUT2D eigenvalue weighted by Crippen LogP contribution is -2.60. The van der Waals surface area contributed by atoms with E-state index in [1.54, 1.807) is 0 Å². The van der Waals surface area contributed by atoms with Crippen LogP contribution in [0.3, 0.4) is 0 Å². The van der Waals surface area contributed by atoms with Crippen LogP contribution in [0.1, 0.15) is 6.42 Å². The van der Waals surface area contributed by atoms with Crippen molar-refractivity contribution < 1.29 is 30.7 Å². The normalized spacial score (nSPS) is 49.9. The molecule has 2 fully saturated rings. The van der Waals surface area contributed by atoms with Crippen molar-refractivity contribution in [2.24, 2.45) is 5.92 Å². The second-order valence-corrected chi connectivity index (χ2v) is 3.56. The third-order valence-corrected chi connectivity index (χ3v) is 2.85. The Bertz CT molecular complexity index is 251. The predicted octanol–water partition coefficient (Wildman–Crippen LogP) is 2.84. The molecule has 0 aliphatic heterocycles. The molecule has 0 N–H and O–H groups in total. The molecular formula is C7H4F7. The van der Waals surface area contributed by atoms with Crippen molar-refractivity contribution in [3.8, 4) is 0 Å². The fraction of sp³-hybridized carbons (Fsp3) is 0.857. The van der Waals surface area contributed by atoms with Crippen molar-refractivity contribution in [1.82, 2.24) is 0 Å². The molecular weight excluding hydrogens is 217 g/mol. The van der Waals surface area contributed by atoms with Gasteiger partial charge >= 0.3 is 11.8 Å². The summed E-state index contributed by atoms with van der Waals surface area (Å²) >= 11 is 0. The summed E-state index contributed by atoms with van der Waals surface area (Å²) < 4.78 is 89.0. The first kappa shape index (κ1) is 10.0. The first-order valence-corrected chi connectivity index (χ1v) is 3.77. The fourth-order valence-electron chi connectivity index (χ4n) is 1.99. The second kappa shape index (κ2) is 2.19. The maximum Gasteiger partial charge on any atom is 0.324 e. The Morgan fingerprint density at radius 3 is 1.93 bits per heavy atom. The van der Waals surface area contributed by atoms with Gasteiger partial charge in [0, 0.05) is 12.3 Å². The first-order valence-electron chi connectivity index (χ1n) is 3.77. The molecule has 2 saturated carbocycles. The molecule has 0 saturated heterocycles. The van der Waals surface area contributed by atoms with Crippen LogP contribution in [-0.4, -0.2) is 23.7 Å². The van der Waals surface area contributed by atoms with E-state index in [0.29, 0.717) is 0 Å². The molecule has 2 rings (SSSR count). The highest BCUT2D eigenvalue weighted by molar-refractivity contribution is 5.32. The van der Waals surface area contributed by atoms with Gasteiger partial charge in [0.1, 0.15) is 0 Å². The van der Waals surface area contributed by atoms with Gasteiger partial charge in [0.15, 0.2) is 6.17 Å². The number of halogens is 7. The molecule has 0 aromatic carbocycles. The standard InChI is InChI=1S/C7H4F7/c8-3-2-1-5(10,6(3,11)12)7(13,14)4(2)9/h2-3H,1H2. The molecule has 0 aromatic rings. The maximum absolute atomic E-state index is 13.1. The molecule has 0 nitrogen and oxygen atoms in total. The van der Waals surface area contributed by atoms with Gasteiger partial charge in [-0.05, 0) is 0 Å². The lowest BCUT2D eigenvalue weighted by atomic mass is 9.88. The van der Waals surface area contributed by atoms with E-state index in [9.17, 15) is 30.7 Å². The monoisotopic (exact) mass is 221 g/mol. The number of hydrogen-bond acceptors (Lipinski definition) is 0. The van der Waals surface area contributed by atoms with Crippen molar-refractivity contribution in [3.05, 3.63) is 6.17 Å². The third-order valence-electron chi connectivity index (χ3n) is 2.85. The molecule has 0 amide bonds. The van der Waals surface area contributed by atoms with E-state index < -0.39 is 42.2 Å². The molecule has 0 aromatic heterocycles. The van der Waals surface area contributed by atoms with E-state index in [2.05, 4.69) is 0 Å². The molecule has 0 spiro atoms. The maximum atomic E-state index is 13.1. The summed E-state index contributed by atoms with van der Waals surface area (Å²) in [6.07, 6.45) is -7.01. The molecule has 3 atom stereocenters. The molecule has 2 aliphatic rings. The quantitative estimate of drug-likeness (QED) is 0.552. The van der Waals surface area contributed by atoms with Crippen LogP contribution >= 0.6 is 0 Å². The Hall–Kier alpha value is -0.490.